The number of phenolic OH excluding ortho intramolecular Hbond substituents is 1. The fraction of sp³-hybridized carbons (Fsp3) is 0.800. The minimum atomic E-state index is 0.426. The summed E-state index contributed by atoms with van der Waals surface area (Å²) in [7, 11) is 0. The van der Waals surface area contributed by atoms with Crippen LogP contribution in [0.5, 0.6) is 5.75 Å². The van der Waals surface area contributed by atoms with Crippen LogP contribution in [0.1, 0.15) is 110 Å². The van der Waals surface area contributed by atoms with Crippen molar-refractivity contribution in [1.82, 2.24) is 0 Å². The van der Waals surface area contributed by atoms with Gasteiger partial charge in [0.05, 0.1) is 0 Å². The van der Waals surface area contributed by atoms with E-state index in [9.17, 15) is 5.11 Å². The highest BCUT2D eigenvalue weighted by molar-refractivity contribution is 5.36. The summed E-state index contributed by atoms with van der Waals surface area (Å²) >= 11 is 0. The van der Waals surface area contributed by atoms with Gasteiger partial charge in [-0.2, -0.15) is 0 Å². The highest BCUT2D eigenvalue weighted by Gasteiger charge is 2.74. The van der Waals surface area contributed by atoms with Gasteiger partial charge in [0, 0.05) is 0 Å². The average molecular weight is 419 g/mol. The fourth-order valence-electron chi connectivity index (χ4n) is 13.3. The van der Waals surface area contributed by atoms with Crippen LogP contribution in [-0.2, 0) is 0 Å². The minimum Gasteiger partial charge on any atom is -0.508 e. The lowest BCUT2D eigenvalue weighted by molar-refractivity contribution is -0.274. The second-order valence-electron chi connectivity index (χ2n) is 15.5. The zero-order valence-corrected chi connectivity index (χ0v) is 20.3. The summed E-state index contributed by atoms with van der Waals surface area (Å²) in [6, 6.07) is 8.55. The van der Waals surface area contributed by atoms with E-state index in [2.05, 4.69) is 39.8 Å². The van der Waals surface area contributed by atoms with Gasteiger partial charge in [0.2, 0.25) is 0 Å². The van der Waals surface area contributed by atoms with E-state index in [0.717, 1.165) is 11.8 Å². The molecule has 1 heteroatoms. The van der Waals surface area contributed by atoms with Crippen molar-refractivity contribution in [2.24, 2.45) is 44.3 Å². The summed E-state index contributed by atoms with van der Waals surface area (Å²) in [5.74, 6) is 2.94. The molecule has 8 bridgehead atoms. The minimum absolute atomic E-state index is 0.426. The Morgan fingerprint density at radius 1 is 0.645 bits per heavy atom. The van der Waals surface area contributed by atoms with Gasteiger partial charge in [0.1, 0.15) is 5.75 Å². The summed E-state index contributed by atoms with van der Waals surface area (Å²) in [6.07, 6.45) is 16.3. The van der Waals surface area contributed by atoms with Crippen LogP contribution in [0, 0.1) is 44.3 Å². The van der Waals surface area contributed by atoms with E-state index in [0.29, 0.717) is 44.2 Å². The molecule has 0 aromatic heterocycles. The molecule has 8 saturated carbocycles. The molecule has 0 heterocycles. The van der Waals surface area contributed by atoms with Crippen LogP contribution in [-0.4, -0.2) is 5.11 Å². The van der Waals surface area contributed by atoms with Crippen molar-refractivity contribution in [1.29, 1.82) is 0 Å². The Morgan fingerprint density at radius 2 is 1.16 bits per heavy atom. The number of rotatable bonds is 2. The fourth-order valence-corrected chi connectivity index (χ4v) is 13.3. The molecule has 5 atom stereocenters. The molecular formula is C30H42O. The van der Waals surface area contributed by atoms with Gasteiger partial charge in [0.25, 0.3) is 0 Å². The van der Waals surface area contributed by atoms with Gasteiger partial charge < -0.3 is 5.11 Å². The van der Waals surface area contributed by atoms with E-state index in [1.807, 2.05) is 12.1 Å². The molecule has 0 saturated heterocycles. The van der Waals surface area contributed by atoms with Gasteiger partial charge in [-0.1, -0.05) is 39.8 Å². The normalized spacial score (nSPS) is 58.8. The Balaban J connectivity index is 1.44. The zero-order chi connectivity index (χ0) is 21.5. The first-order valence-electron chi connectivity index (χ1n) is 13.3. The highest BCUT2D eigenvalue weighted by Crippen LogP contribution is 2.84. The van der Waals surface area contributed by atoms with Crippen LogP contribution in [0.25, 0.3) is 0 Å². The van der Waals surface area contributed by atoms with Crippen LogP contribution in [0.15, 0.2) is 24.3 Å². The maximum Gasteiger partial charge on any atom is 0.115 e. The number of phenols is 1. The third-order valence-corrected chi connectivity index (χ3v) is 11.8. The topological polar surface area (TPSA) is 20.2 Å². The van der Waals surface area contributed by atoms with Crippen molar-refractivity contribution in [3.63, 3.8) is 0 Å². The predicted octanol–water partition coefficient (Wildman–Crippen LogP) is 8.08. The van der Waals surface area contributed by atoms with Gasteiger partial charge >= 0.3 is 0 Å². The van der Waals surface area contributed by atoms with Crippen LogP contribution < -0.4 is 0 Å². The molecule has 1 N–H and O–H groups in total. The molecule has 168 valence electrons. The van der Waals surface area contributed by atoms with Gasteiger partial charge in [0.15, 0.2) is 0 Å². The summed E-state index contributed by atoms with van der Waals surface area (Å²) in [4.78, 5) is 0. The molecule has 8 aliphatic rings. The maximum atomic E-state index is 10.1. The Bertz CT molecular complexity index is 906. The van der Waals surface area contributed by atoms with E-state index in [1.165, 1.54) is 70.6 Å². The zero-order valence-electron chi connectivity index (χ0n) is 20.3. The lowest BCUT2D eigenvalue weighted by Crippen LogP contribution is -2.69. The van der Waals surface area contributed by atoms with Crippen molar-refractivity contribution in [2.75, 3.05) is 0 Å². The van der Waals surface area contributed by atoms with E-state index in [1.54, 1.807) is 5.56 Å². The van der Waals surface area contributed by atoms with Crippen LogP contribution >= 0.6 is 0 Å². The van der Waals surface area contributed by atoms with E-state index in [4.69, 9.17) is 0 Å². The molecule has 8 aliphatic carbocycles. The maximum absolute atomic E-state index is 10.1. The summed E-state index contributed by atoms with van der Waals surface area (Å²) in [5, 5.41) is 10.1. The molecule has 1 nitrogen and oxygen atoms in total. The Morgan fingerprint density at radius 3 is 1.68 bits per heavy atom. The summed E-state index contributed by atoms with van der Waals surface area (Å²) in [6.45, 7) is 10.7. The first-order chi connectivity index (χ1) is 14.5. The predicted molar refractivity (Wildman–Crippen MR) is 126 cm³/mol. The van der Waals surface area contributed by atoms with Gasteiger partial charge in [-0.15, -0.1) is 0 Å². The lowest BCUT2D eigenvalue weighted by Gasteiger charge is -2.78. The third-order valence-electron chi connectivity index (χ3n) is 11.8. The smallest absolute Gasteiger partial charge is 0.115 e. The average Bonchev–Trinajstić information content (AvgIpc) is 2.57. The summed E-state index contributed by atoms with van der Waals surface area (Å²) in [5.41, 5.74) is 4.83. The number of aromatic hydroxyl groups is 1. The highest BCUT2D eigenvalue weighted by atomic mass is 16.3. The van der Waals surface area contributed by atoms with Gasteiger partial charge in [-0.3, -0.25) is 0 Å². The van der Waals surface area contributed by atoms with E-state index in [-0.39, 0.29) is 0 Å². The van der Waals surface area contributed by atoms with Crippen molar-refractivity contribution in [3.05, 3.63) is 29.8 Å². The molecule has 31 heavy (non-hydrogen) atoms. The molecule has 9 rings (SSSR count). The Kier molecular flexibility index (Phi) is 3.39. The van der Waals surface area contributed by atoms with Crippen LogP contribution in [0.3, 0.4) is 0 Å². The van der Waals surface area contributed by atoms with Crippen LogP contribution in [0.4, 0.5) is 0 Å². The molecule has 0 amide bonds. The molecule has 0 aliphatic heterocycles. The Labute approximate surface area is 189 Å². The monoisotopic (exact) mass is 418 g/mol. The molecule has 5 unspecified atom stereocenters. The number of hydrogen-bond acceptors (Lipinski definition) is 1. The molecule has 0 spiro atoms. The largest absolute Gasteiger partial charge is 0.508 e. The first kappa shape index (κ1) is 19.5. The summed E-state index contributed by atoms with van der Waals surface area (Å²) < 4.78 is 0. The van der Waals surface area contributed by atoms with E-state index >= 15 is 0 Å². The molecular weight excluding hydrogens is 376 g/mol. The second-order valence-corrected chi connectivity index (χ2v) is 15.5. The molecule has 1 aromatic carbocycles. The van der Waals surface area contributed by atoms with Crippen LogP contribution in [0.2, 0.25) is 0 Å². The SMILES string of the molecule is CC12CC3CC(C)(C1)CC(C14CC5(C)CC(CC(C)(C5)C1)C4c1ccc(O)cc1)(C3)C2. The second kappa shape index (κ2) is 5.39. The lowest BCUT2D eigenvalue weighted by atomic mass is 9.26. The van der Waals surface area contributed by atoms with Gasteiger partial charge in [-0.25, -0.2) is 0 Å². The standard InChI is InChI=1S/C30H42O/c1-25-9-20-10-26(2,14-25)17-29(11-20,16-25)30-18-27(3)12-22(13-28(4,15-27)19-30)24(30)21-5-7-23(31)8-6-21/h5-8,20,22,24,31H,9-19H2,1-4H3. The molecule has 1 aromatic rings. The van der Waals surface area contributed by atoms with Crippen molar-refractivity contribution in [2.45, 2.75) is 104 Å². The first-order valence-corrected chi connectivity index (χ1v) is 13.3. The third kappa shape index (κ3) is 2.45. The van der Waals surface area contributed by atoms with Crippen molar-refractivity contribution in [3.8, 4) is 5.75 Å². The number of hydrogen-bond donors (Lipinski definition) is 1. The van der Waals surface area contributed by atoms with Crippen molar-refractivity contribution < 1.29 is 5.11 Å². The quantitative estimate of drug-likeness (QED) is 0.514. The van der Waals surface area contributed by atoms with Crippen molar-refractivity contribution >= 4 is 0 Å². The Hall–Kier alpha value is -0.980. The van der Waals surface area contributed by atoms with E-state index < -0.39 is 0 Å². The van der Waals surface area contributed by atoms with Gasteiger partial charge in [-0.05, 0) is 139 Å². The number of benzene rings is 1. The molecule has 0 radical (unpaired) electrons. The molecule has 8 fully saturated rings.